The molecule has 0 bridgehead atoms. The fourth-order valence-corrected chi connectivity index (χ4v) is 2.72. The van der Waals surface area contributed by atoms with Gasteiger partial charge in [-0.3, -0.25) is 0 Å². The Morgan fingerprint density at radius 1 is 0.556 bits per heavy atom. The summed E-state index contributed by atoms with van der Waals surface area (Å²) in [4.78, 5) is 0. The summed E-state index contributed by atoms with van der Waals surface area (Å²) < 4.78 is 1.37. The fourth-order valence-electron chi connectivity index (χ4n) is 2.72. The second-order valence-corrected chi connectivity index (χ2v) is 5.54. The molecule has 0 aromatic rings. The molecular weight excluding hydrogens is 222 g/mol. The average Bonchev–Trinajstić information content (AvgIpc) is 2.37. The predicted octanol–water partition coefficient (Wildman–Crippen LogP) is 4.83. The average molecular weight is 259 g/mol. The van der Waals surface area contributed by atoms with Gasteiger partial charge in [-0.25, -0.2) is 0 Å². The molecule has 0 aliphatic rings. The van der Waals surface area contributed by atoms with Crippen LogP contribution in [0, 0.1) is 0 Å². The van der Waals surface area contributed by atoms with Crippen LogP contribution in [0.3, 0.4) is 0 Å². The van der Waals surface area contributed by atoms with E-state index in [0.717, 1.165) is 0 Å². The van der Waals surface area contributed by atoms with Gasteiger partial charge in [0, 0.05) is 0 Å². The maximum atomic E-state index is 2.38. The first-order chi connectivity index (χ1) is 8.24. The van der Waals surface area contributed by atoms with Gasteiger partial charge in [0.1, 0.15) is 0 Å². The Kier molecular flexibility index (Phi) is 15.0. The van der Waals surface area contributed by atoms with Crippen molar-refractivity contribution in [1.29, 1.82) is 0 Å². The molecular formula is C16H37NO. The molecule has 0 saturated heterocycles. The van der Waals surface area contributed by atoms with Crippen LogP contribution >= 0.6 is 0 Å². The van der Waals surface area contributed by atoms with Crippen LogP contribution in [0.4, 0.5) is 0 Å². The Bertz CT molecular complexity index is 141. The lowest BCUT2D eigenvalue weighted by atomic mass is 10.1. The molecule has 0 heterocycles. The van der Waals surface area contributed by atoms with E-state index in [4.69, 9.17) is 0 Å². The van der Waals surface area contributed by atoms with E-state index in [2.05, 4.69) is 27.7 Å². The molecule has 1 N–H and O–H groups in total. The lowest BCUT2D eigenvalue weighted by molar-refractivity contribution is -0.925. The van der Waals surface area contributed by atoms with Gasteiger partial charge in [0.25, 0.3) is 0 Å². The second-order valence-electron chi connectivity index (χ2n) is 5.54. The van der Waals surface area contributed by atoms with Crippen LogP contribution in [0.15, 0.2) is 0 Å². The number of nitrogens with zero attached hydrogens (tertiary/aromatic N) is 1. The third kappa shape index (κ3) is 8.93. The van der Waals surface area contributed by atoms with Crippen LogP contribution in [-0.4, -0.2) is 36.1 Å². The highest BCUT2D eigenvalue weighted by Crippen LogP contribution is 2.14. The summed E-state index contributed by atoms with van der Waals surface area (Å²) in [6.45, 7) is 14.8. The molecule has 0 aliphatic heterocycles. The molecule has 112 valence electrons. The minimum Gasteiger partial charge on any atom is -0.870 e. The summed E-state index contributed by atoms with van der Waals surface area (Å²) >= 11 is 0. The summed E-state index contributed by atoms with van der Waals surface area (Å²) in [6, 6.07) is 0. The van der Waals surface area contributed by atoms with E-state index in [0.29, 0.717) is 0 Å². The quantitative estimate of drug-likeness (QED) is 0.365. The molecule has 0 aromatic carbocycles. The lowest BCUT2D eigenvalue weighted by Crippen LogP contribution is -2.49. The Hall–Kier alpha value is -0.0800. The minimum absolute atomic E-state index is 0. The van der Waals surface area contributed by atoms with Crippen molar-refractivity contribution in [3.8, 4) is 0 Å². The molecule has 0 atom stereocenters. The van der Waals surface area contributed by atoms with Gasteiger partial charge in [0.05, 0.1) is 26.2 Å². The number of hydrogen-bond acceptors (Lipinski definition) is 1. The maximum absolute atomic E-state index is 2.38. The van der Waals surface area contributed by atoms with Crippen LogP contribution < -0.4 is 0 Å². The SMILES string of the molecule is CCCCCC[N+](CC)(CC)CCCCCC.[OH-]. The van der Waals surface area contributed by atoms with Gasteiger partial charge >= 0.3 is 0 Å². The molecule has 2 nitrogen and oxygen atoms in total. The highest BCUT2D eigenvalue weighted by atomic mass is 16.0. The summed E-state index contributed by atoms with van der Waals surface area (Å²) in [5, 5.41) is 0. The molecule has 0 amide bonds. The van der Waals surface area contributed by atoms with Crippen LogP contribution in [0.2, 0.25) is 0 Å². The molecule has 18 heavy (non-hydrogen) atoms. The number of quaternary nitrogens is 1. The van der Waals surface area contributed by atoms with Gasteiger partial charge in [0.2, 0.25) is 0 Å². The Morgan fingerprint density at radius 3 is 1.22 bits per heavy atom. The van der Waals surface area contributed by atoms with E-state index in [1.165, 1.54) is 82.0 Å². The van der Waals surface area contributed by atoms with Crippen molar-refractivity contribution in [2.45, 2.75) is 79.1 Å². The van der Waals surface area contributed by atoms with Gasteiger partial charge in [-0.2, -0.15) is 0 Å². The van der Waals surface area contributed by atoms with Crippen molar-refractivity contribution in [3.05, 3.63) is 0 Å². The van der Waals surface area contributed by atoms with Crippen LogP contribution in [0.25, 0.3) is 0 Å². The number of hydrogen-bond donors (Lipinski definition) is 0. The monoisotopic (exact) mass is 259 g/mol. The van der Waals surface area contributed by atoms with Gasteiger partial charge in [-0.15, -0.1) is 0 Å². The standard InChI is InChI=1S/C16H36N.H2O/c1-5-9-11-13-15-17(7-3,8-4)16-14-12-10-6-2;/h5-16H2,1-4H3;1H2/q+1;/p-1. The topological polar surface area (TPSA) is 30.0 Å². The van der Waals surface area contributed by atoms with Crippen molar-refractivity contribution in [2.24, 2.45) is 0 Å². The highest BCUT2D eigenvalue weighted by molar-refractivity contribution is 4.47. The van der Waals surface area contributed by atoms with Crippen molar-refractivity contribution in [3.63, 3.8) is 0 Å². The molecule has 0 rings (SSSR count). The molecule has 2 heteroatoms. The molecule has 0 saturated carbocycles. The molecule has 0 aliphatic carbocycles. The van der Waals surface area contributed by atoms with E-state index in [-0.39, 0.29) is 5.48 Å². The minimum atomic E-state index is 0. The van der Waals surface area contributed by atoms with E-state index in [1.54, 1.807) is 0 Å². The summed E-state index contributed by atoms with van der Waals surface area (Å²) in [5.74, 6) is 0. The van der Waals surface area contributed by atoms with Gasteiger partial charge in [-0.1, -0.05) is 39.5 Å². The molecule has 0 spiro atoms. The van der Waals surface area contributed by atoms with E-state index in [1.807, 2.05) is 0 Å². The Labute approximate surface area is 116 Å². The van der Waals surface area contributed by atoms with Crippen LogP contribution in [0.5, 0.6) is 0 Å². The van der Waals surface area contributed by atoms with Crippen molar-refractivity contribution in [1.82, 2.24) is 0 Å². The Morgan fingerprint density at radius 2 is 0.944 bits per heavy atom. The molecule has 0 aromatic heterocycles. The van der Waals surface area contributed by atoms with Gasteiger partial charge in [0.15, 0.2) is 0 Å². The predicted molar refractivity (Wildman–Crippen MR) is 81.3 cm³/mol. The Balaban J connectivity index is 0. The molecule has 0 radical (unpaired) electrons. The van der Waals surface area contributed by atoms with Crippen molar-refractivity contribution in [2.75, 3.05) is 26.2 Å². The zero-order valence-electron chi connectivity index (χ0n) is 13.4. The maximum Gasteiger partial charge on any atom is 0.0786 e. The van der Waals surface area contributed by atoms with Crippen LogP contribution in [0.1, 0.15) is 79.1 Å². The van der Waals surface area contributed by atoms with Crippen molar-refractivity contribution < 1.29 is 9.96 Å². The van der Waals surface area contributed by atoms with E-state index < -0.39 is 0 Å². The molecule has 0 unspecified atom stereocenters. The highest BCUT2D eigenvalue weighted by Gasteiger charge is 2.21. The zero-order chi connectivity index (χ0) is 13.0. The third-order valence-corrected chi connectivity index (χ3v) is 4.31. The van der Waals surface area contributed by atoms with E-state index >= 15 is 0 Å². The zero-order valence-corrected chi connectivity index (χ0v) is 13.4. The normalized spacial score (nSPS) is 11.3. The van der Waals surface area contributed by atoms with Gasteiger partial charge < -0.3 is 9.96 Å². The smallest absolute Gasteiger partial charge is 0.0786 e. The largest absolute Gasteiger partial charge is 0.870 e. The summed E-state index contributed by atoms with van der Waals surface area (Å²) in [5.41, 5.74) is 0. The third-order valence-electron chi connectivity index (χ3n) is 4.31. The van der Waals surface area contributed by atoms with Crippen LogP contribution in [-0.2, 0) is 0 Å². The van der Waals surface area contributed by atoms with E-state index in [9.17, 15) is 0 Å². The fraction of sp³-hybridized carbons (Fsp3) is 1.00. The van der Waals surface area contributed by atoms with Crippen molar-refractivity contribution >= 4 is 0 Å². The second kappa shape index (κ2) is 13.4. The van der Waals surface area contributed by atoms with Gasteiger partial charge in [-0.05, 0) is 39.5 Å². The first-order valence-corrected chi connectivity index (χ1v) is 8.09. The molecule has 0 fully saturated rings. The first-order valence-electron chi connectivity index (χ1n) is 8.09. The number of rotatable bonds is 12. The number of unbranched alkanes of at least 4 members (excludes halogenated alkanes) is 6. The first kappa shape index (κ1) is 20.2. The summed E-state index contributed by atoms with van der Waals surface area (Å²) in [6.07, 6.45) is 11.3. The lowest BCUT2D eigenvalue weighted by Gasteiger charge is -2.37. The summed E-state index contributed by atoms with van der Waals surface area (Å²) in [7, 11) is 0.